The molecule has 1 amide bonds. The van der Waals surface area contributed by atoms with E-state index in [1.807, 2.05) is 32.0 Å². The Balaban J connectivity index is 1.88. The van der Waals surface area contributed by atoms with Gasteiger partial charge in [-0.3, -0.25) is 14.5 Å². The van der Waals surface area contributed by atoms with E-state index in [2.05, 4.69) is 0 Å². The molecule has 1 atom stereocenters. The molecule has 5 nitrogen and oxygen atoms in total. The second kappa shape index (κ2) is 9.65. The fraction of sp³-hybridized carbons (Fsp3) is 0.462. The standard InChI is InChI=1S/C26H29Cl2NO4/c1-4-16-14-18(28)15-21(33-5-2)22(16)23-24(30)26(12-10-20(32-3)11-13-26)29(25(23)31)19-8-6-17(27)7-9-19/h6-9,14-15,20,23H,4-5,10-13H2,1-3H3. The first-order chi connectivity index (χ1) is 15.9. The number of amides is 1. The van der Waals surface area contributed by atoms with Crippen LogP contribution in [0.5, 0.6) is 5.75 Å². The zero-order valence-corrected chi connectivity index (χ0v) is 20.7. The van der Waals surface area contributed by atoms with E-state index in [9.17, 15) is 9.59 Å². The second-order valence-electron chi connectivity index (χ2n) is 8.68. The van der Waals surface area contributed by atoms with Crippen LogP contribution in [0.1, 0.15) is 56.6 Å². The predicted octanol–water partition coefficient (Wildman–Crippen LogP) is 5.98. The first kappa shape index (κ1) is 24.1. The minimum atomic E-state index is -0.937. The van der Waals surface area contributed by atoms with Crippen molar-refractivity contribution in [1.82, 2.24) is 0 Å². The molecule has 1 saturated carbocycles. The summed E-state index contributed by atoms with van der Waals surface area (Å²) in [5, 5.41) is 1.11. The van der Waals surface area contributed by atoms with Gasteiger partial charge in [0.05, 0.1) is 12.7 Å². The van der Waals surface area contributed by atoms with Crippen molar-refractivity contribution in [3.8, 4) is 5.75 Å². The van der Waals surface area contributed by atoms with Crippen LogP contribution in [-0.2, 0) is 20.7 Å². The molecule has 176 valence electrons. The number of halogens is 2. The third-order valence-electron chi connectivity index (χ3n) is 6.96. The van der Waals surface area contributed by atoms with Crippen molar-refractivity contribution < 1.29 is 19.1 Å². The molecule has 1 saturated heterocycles. The van der Waals surface area contributed by atoms with Crippen molar-refractivity contribution in [2.75, 3.05) is 18.6 Å². The van der Waals surface area contributed by atoms with Gasteiger partial charge >= 0.3 is 0 Å². The molecule has 33 heavy (non-hydrogen) atoms. The van der Waals surface area contributed by atoms with Crippen LogP contribution < -0.4 is 9.64 Å². The van der Waals surface area contributed by atoms with E-state index in [0.29, 0.717) is 65.8 Å². The summed E-state index contributed by atoms with van der Waals surface area (Å²) in [5.41, 5.74) is 1.26. The van der Waals surface area contributed by atoms with Crippen LogP contribution in [0, 0.1) is 0 Å². The van der Waals surface area contributed by atoms with E-state index in [1.54, 1.807) is 30.2 Å². The highest BCUT2D eigenvalue weighted by molar-refractivity contribution is 6.31. The van der Waals surface area contributed by atoms with Crippen molar-refractivity contribution >= 4 is 40.6 Å². The maximum atomic E-state index is 14.2. The van der Waals surface area contributed by atoms with E-state index in [-0.39, 0.29) is 17.8 Å². The summed E-state index contributed by atoms with van der Waals surface area (Å²) >= 11 is 12.5. The molecule has 2 aromatic rings. The van der Waals surface area contributed by atoms with Crippen LogP contribution in [0.15, 0.2) is 36.4 Å². The van der Waals surface area contributed by atoms with Gasteiger partial charge in [0.15, 0.2) is 5.78 Å². The number of hydrogen-bond acceptors (Lipinski definition) is 4. The second-order valence-corrected chi connectivity index (χ2v) is 9.55. The van der Waals surface area contributed by atoms with Gasteiger partial charge in [0.2, 0.25) is 5.91 Å². The number of ketones is 1. The number of aryl methyl sites for hydroxylation is 1. The van der Waals surface area contributed by atoms with Crippen molar-refractivity contribution in [1.29, 1.82) is 0 Å². The molecule has 1 spiro atoms. The lowest BCUT2D eigenvalue weighted by molar-refractivity contribution is -0.126. The molecule has 2 aliphatic rings. The van der Waals surface area contributed by atoms with Crippen LogP contribution in [0.2, 0.25) is 10.0 Å². The summed E-state index contributed by atoms with van der Waals surface area (Å²) in [4.78, 5) is 30.0. The zero-order valence-electron chi connectivity index (χ0n) is 19.2. The maximum Gasteiger partial charge on any atom is 0.243 e. The monoisotopic (exact) mass is 489 g/mol. The smallest absolute Gasteiger partial charge is 0.243 e. The lowest BCUT2D eigenvalue weighted by atomic mass is 9.74. The first-order valence-electron chi connectivity index (χ1n) is 11.5. The van der Waals surface area contributed by atoms with Gasteiger partial charge in [-0.1, -0.05) is 30.1 Å². The number of anilines is 1. The Bertz CT molecular complexity index is 1050. The highest BCUT2D eigenvalue weighted by Crippen LogP contribution is 2.50. The highest BCUT2D eigenvalue weighted by atomic mass is 35.5. The molecule has 2 aromatic carbocycles. The normalized spacial score (nSPS) is 25.2. The van der Waals surface area contributed by atoms with Gasteiger partial charge in [-0.15, -0.1) is 0 Å². The van der Waals surface area contributed by atoms with Crippen LogP contribution in [0.25, 0.3) is 0 Å². The lowest BCUT2D eigenvalue weighted by Gasteiger charge is -2.41. The van der Waals surface area contributed by atoms with Crippen LogP contribution in [0.3, 0.4) is 0 Å². The zero-order chi connectivity index (χ0) is 23.8. The summed E-state index contributed by atoms with van der Waals surface area (Å²) in [5.74, 6) is -0.730. The summed E-state index contributed by atoms with van der Waals surface area (Å²) < 4.78 is 11.4. The summed E-state index contributed by atoms with van der Waals surface area (Å²) in [6.07, 6.45) is 3.25. The van der Waals surface area contributed by atoms with Crippen molar-refractivity contribution in [3.63, 3.8) is 0 Å². The molecular formula is C26H29Cl2NO4. The summed E-state index contributed by atoms with van der Waals surface area (Å²) in [6, 6.07) is 10.7. The summed E-state index contributed by atoms with van der Waals surface area (Å²) in [7, 11) is 1.69. The van der Waals surface area contributed by atoms with Crippen molar-refractivity contribution in [2.45, 2.75) is 63.5 Å². The Morgan fingerprint density at radius 3 is 2.27 bits per heavy atom. The number of carbonyl (C=O) groups is 2. The van der Waals surface area contributed by atoms with E-state index in [4.69, 9.17) is 32.7 Å². The average molecular weight is 490 g/mol. The van der Waals surface area contributed by atoms with Gasteiger partial charge in [0, 0.05) is 28.4 Å². The number of nitrogens with zero attached hydrogens (tertiary/aromatic N) is 1. The Labute approximate surface area is 205 Å². The minimum absolute atomic E-state index is 0.0741. The van der Waals surface area contributed by atoms with E-state index in [0.717, 1.165) is 5.56 Å². The number of benzene rings is 2. The molecule has 1 unspecified atom stereocenters. The molecule has 0 bridgehead atoms. The largest absolute Gasteiger partial charge is 0.493 e. The van der Waals surface area contributed by atoms with E-state index in [1.165, 1.54) is 0 Å². The van der Waals surface area contributed by atoms with E-state index < -0.39 is 11.5 Å². The molecule has 1 heterocycles. The number of methoxy groups -OCH3 is 1. The number of rotatable bonds is 6. The summed E-state index contributed by atoms with van der Waals surface area (Å²) in [6.45, 7) is 4.28. The molecule has 0 N–H and O–H groups in total. The molecule has 1 aliphatic heterocycles. The molecule has 4 rings (SSSR count). The molecule has 0 aromatic heterocycles. The Morgan fingerprint density at radius 1 is 1.03 bits per heavy atom. The molecular weight excluding hydrogens is 461 g/mol. The number of ether oxygens (including phenoxy) is 2. The number of carbonyl (C=O) groups excluding carboxylic acids is 2. The Kier molecular flexibility index (Phi) is 7.04. The third kappa shape index (κ3) is 4.16. The number of hydrogen-bond donors (Lipinski definition) is 0. The first-order valence-corrected chi connectivity index (χ1v) is 12.2. The topological polar surface area (TPSA) is 55.8 Å². The van der Waals surface area contributed by atoms with Crippen LogP contribution in [0.4, 0.5) is 5.69 Å². The van der Waals surface area contributed by atoms with Crippen LogP contribution >= 0.6 is 23.2 Å². The molecule has 1 aliphatic carbocycles. The van der Waals surface area contributed by atoms with Crippen LogP contribution in [-0.4, -0.2) is 37.0 Å². The van der Waals surface area contributed by atoms with Gasteiger partial charge in [-0.25, -0.2) is 0 Å². The molecule has 7 heteroatoms. The number of Topliss-reactive ketones (excluding diaryl/α,β-unsaturated/α-hetero) is 1. The van der Waals surface area contributed by atoms with Gasteiger partial charge in [0.1, 0.15) is 17.2 Å². The highest BCUT2D eigenvalue weighted by Gasteiger charge is 2.60. The van der Waals surface area contributed by atoms with E-state index >= 15 is 0 Å². The van der Waals surface area contributed by atoms with Gasteiger partial charge in [0.25, 0.3) is 0 Å². The van der Waals surface area contributed by atoms with Gasteiger partial charge in [-0.2, -0.15) is 0 Å². The third-order valence-corrected chi connectivity index (χ3v) is 7.43. The Morgan fingerprint density at radius 2 is 1.70 bits per heavy atom. The lowest BCUT2D eigenvalue weighted by Crippen LogP contribution is -2.53. The minimum Gasteiger partial charge on any atom is -0.493 e. The van der Waals surface area contributed by atoms with Crippen molar-refractivity contribution in [2.24, 2.45) is 0 Å². The Hall–Kier alpha value is -2.08. The van der Waals surface area contributed by atoms with Crippen molar-refractivity contribution in [3.05, 3.63) is 57.6 Å². The molecule has 0 radical (unpaired) electrons. The fourth-order valence-electron chi connectivity index (χ4n) is 5.37. The molecule has 2 fully saturated rings. The van der Waals surface area contributed by atoms with Gasteiger partial charge < -0.3 is 9.47 Å². The maximum absolute atomic E-state index is 14.2. The average Bonchev–Trinajstić information content (AvgIpc) is 3.01. The quantitative estimate of drug-likeness (QED) is 0.468. The van der Waals surface area contributed by atoms with Gasteiger partial charge in [-0.05, 0) is 81.0 Å². The SMILES string of the molecule is CCOc1cc(Cl)cc(CC)c1C1C(=O)N(c2ccc(Cl)cc2)C2(CCC(OC)CC2)C1=O. The fourth-order valence-corrected chi connectivity index (χ4v) is 5.72. The predicted molar refractivity (Wildman–Crippen MR) is 131 cm³/mol.